The van der Waals surface area contributed by atoms with Gasteiger partial charge in [-0.25, -0.2) is 0 Å². The molecule has 4 nitrogen and oxygen atoms in total. The molecule has 0 radical (unpaired) electrons. The number of hydrogen-bond acceptors (Lipinski definition) is 3. The summed E-state index contributed by atoms with van der Waals surface area (Å²) in [6.45, 7) is 1.34. The first-order valence-electron chi connectivity index (χ1n) is 6.95. The van der Waals surface area contributed by atoms with Crippen LogP contribution >= 0.6 is 0 Å². The van der Waals surface area contributed by atoms with Gasteiger partial charge in [0.25, 0.3) is 0 Å². The third kappa shape index (κ3) is 2.59. The summed E-state index contributed by atoms with van der Waals surface area (Å²) in [5.41, 5.74) is 3.43. The van der Waals surface area contributed by atoms with E-state index < -0.39 is 6.10 Å². The van der Waals surface area contributed by atoms with Gasteiger partial charge in [-0.15, -0.1) is 0 Å². The normalized spacial score (nSPS) is 19.2. The Morgan fingerprint density at radius 1 is 1.53 bits per heavy atom. The Labute approximate surface area is 113 Å². The van der Waals surface area contributed by atoms with Crippen LogP contribution in [-0.4, -0.2) is 31.2 Å². The number of nitrogens with zero attached hydrogens (tertiary/aromatic N) is 1. The van der Waals surface area contributed by atoms with Crippen molar-refractivity contribution in [3.63, 3.8) is 0 Å². The number of benzene rings is 1. The van der Waals surface area contributed by atoms with Crippen molar-refractivity contribution in [2.45, 2.75) is 25.4 Å². The number of anilines is 1. The number of nitrogens with one attached hydrogen (secondary N) is 1. The first kappa shape index (κ1) is 12.5. The minimum absolute atomic E-state index is 0.0833. The predicted octanol–water partition coefficient (Wildman–Crippen LogP) is 1.24. The van der Waals surface area contributed by atoms with Crippen LogP contribution in [0, 0.1) is 5.92 Å². The van der Waals surface area contributed by atoms with Gasteiger partial charge < -0.3 is 15.3 Å². The van der Waals surface area contributed by atoms with Gasteiger partial charge in [0.15, 0.2) is 0 Å². The molecule has 1 amide bonds. The van der Waals surface area contributed by atoms with Crippen molar-refractivity contribution >= 4 is 11.6 Å². The van der Waals surface area contributed by atoms with Crippen LogP contribution in [0.4, 0.5) is 5.69 Å². The van der Waals surface area contributed by atoms with Crippen molar-refractivity contribution in [3.8, 4) is 0 Å². The van der Waals surface area contributed by atoms with Crippen molar-refractivity contribution in [1.82, 2.24) is 5.32 Å². The highest BCUT2D eigenvalue weighted by molar-refractivity contribution is 5.80. The zero-order valence-electron chi connectivity index (χ0n) is 11.2. The molecule has 102 valence electrons. The van der Waals surface area contributed by atoms with Gasteiger partial charge in [0, 0.05) is 31.7 Å². The van der Waals surface area contributed by atoms with Crippen LogP contribution in [0.2, 0.25) is 0 Å². The van der Waals surface area contributed by atoms with Gasteiger partial charge in [-0.1, -0.05) is 12.1 Å². The molecule has 2 aliphatic rings. The summed E-state index contributed by atoms with van der Waals surface area (Å²) in [5, 5.41) is 13.0. The molecule has 0 saturated heterocycles. The predicted molar refractivity (Wildman–Crippen MR) is 74.1 cm³/mol. The molecular formula is C15H20N2O2. The van der Waals surface area contributed by atoms with Gasteiger partial charge >= 0.3 is 0 Å². The van der Waals surface area contributed by atoms with Gasteiger partial charge in [-0.3, -0.25) is 4.79 Å². The highest BCUT2D eigenvalue weighted by atomic mass is 16.3. The summed E-state index contributed by atoms with van der Waals surface area (Å²) in [7, 11) is 2.08. The Morgan fingerprint density at radius 3 is 3.05 bits per heavy atom. The Bertz CT molecular complexity index is 497. The highest BCUT2D eigenvalue weighted by Gasteiger charge is 2.29. The molecule has 1 aliphatic carbocycles. The summed E-state index contributed by atoms with van der Waals surface area (Å²) >= 11 is 0. The second-order valence-corrected chi connectivity index (χ2v) is 5.59. The molecule has 0 bridgehead atoms. The lowest BCUT2D eigenvalue weighted by molar-refractivity contribution is -0.122. The maximum Gasteiger partial charge on any atom is 0.223 e. The molecule has 1 fully saturated rings. The molecule has 1 saturated carbocycles. The molecule has 3 rings (SSSR count). The topological polar surface area (TPSA) is 52.6 Å². The largest absolute Gasteiger partial charge is 0.387 e. The molecule has 1 atom stereocenters. The summed E-state index contributed by atoms with van der Waals surface area (Å²) in [6, 6.07) is 6.07. The second kappa shape index (κ2) is 4.85. The van der Waals surface area contributed by atoms with E-state index in [9.17, 15) is 9.90 Å². The zero-order chi connectivity index (χ0) is 13.4. The average molecular weight is 260 g/mol. The van der Waals surface area contributed by atoms with E-state index in [2.05, 4.69) is 29.4 Å². The maximum absolute atomic E-state index is 11.5. The third-order valence-electron chi connectivity index (χ3n) is 4.03. The number of likely N-dealkylation sites (N-methyl/N-ethyl adjacent to an activating group) is 1. The fourth-order valence-electron chi connectivity index (χ4n) is 2.60. The molecule has 2 N–H and O–H groups in total. The number of carbonyl (C=O) groups is 1. The Kier molecular flexibility index (Phi) is 3.19. The molecule has 1 aromatic rings. The zero-order valence-corrected chi connectivity index (χ0v) is 11.2. The number of carbonyl (C=O) groups excluding carboxylic acids is 1. The van der Waals surface area contributed by atoms with E-state index in [1.807, 2.05) is 6.07 Å². The Hall–Kier alpha value is -1.55. The van der Waals surface area contributed by atoms with Crippen LogP contribution in [0.3, 0.4) is 0 Å². The van der Waals surface area contributed by atoms with E-state index in [0.717, 1.165) is 31.4 Å². The molecule has 4 heteroatoms. The quantitative estimate of drug-likeness (QED) is 0.856. The van der Waals surface area contributed by atoms with Crippen molar-refractivity contribution in [1.29, 1.82) is 0 Å². The number of fused-ring (bicyclic) bond motifs is 1. The minimum atomic E-state index is -0.612. The van der Waals surface area contributed by atoms with E-state index >= 15 is 0 Å². The molecule has 0 spiro atoms. The Balaban J connectivity index is 1.63. The van der Waals surface area contributed by atoms with E-state index in [4.69, 9.17) is 0 Å². The minimum Gasteiger partial charge on any atom is -0.387 e. The lowest BCUT2D eigenvalue weighted by atomic mass is 10.0. The van der Waals surface area contributed by atoms with Crippen molar-refractivity contribution in [2.24, 2.45) is 5.92 Å². The van der Waals surface area contributed by atoms with Gasteiger partial charge in [0.05, 0.1) is 6.10 Å². The Morgan fingerprint density at radius 2 is 2.32 bits per heavy atom. The summed E-state index contributed by atoms with van der Waals surface area (Å²) in [5.74, 6) is 0.279. The number of amides is 1. The van der Waals surface area contributed by atoms with Gasteiger partial charge in [-0.05, 0) is 36.5 Å². The summed E-state index contributed by atoms with van der Waals surface area (Å²) in [4.78, 5) is 13.8. The fraction of sp³-hybridized carbons (Fsp3) is 0.533. The fourth-order valence-corrected chi connectivity index (χ4v) is 2.60. The van der Waals surface area contributed by atoms with E-state index in [0.29, 0.717) is 6.54 Å². The van der Waals surface area contributed by atoms with Gasteiger partial charge in [0.1, 0.15) is 0 Å². The molecule has 0 unspecified atom stereocenters. The van der Waals surface area contributed by atoms with E-state index in [-0.39, 0.29) is 11.8 Å². The molecule has 0 aromatic heterocycles. The maximum atomic E-state index is 11.5. The van der Waals surface area contributed by atoms with Crippen LogP contribution in [0.1, 0.15) is 30.1 Å². The molecule has 19 heavy (non-hydrogen) atoms. The van der Waals surface area contributed by atoms with E-state index in [1.165, 1.54) is 11.3 Å². The smallest absolute Gasteiger partial charge is 0.223 e. The number of aliphatic hydroxyl groups excluding tert-OH is 1. The van der Waals surface area contributed by atoms with Crippen molar-refractivity contribution in [2.75, 3.05) is 25.0 Å². The van der Waals surface area contributed by atoms with Crippen molar-refractivity contribution in [3.05, 3.63) is 29.3 Å². The molecule has 1 aromatic carbocycles. The number of hydrogen-bond donors (Lipinski definition) is 2. The first-order chi connectivity index (χ1) is 9.15. The molecule has 1 heterocycles. The SMILES string of the molecule is CN1CCc2cc([C@@H](O)CNC(=O)C3CC3)ccc21. The van der Waals surface area contributed by atoms with Crippen molar-refractivity contribution < 1.29 is 9.90 Å². The lowest BCUT2D eigenvalue weighted by Gasteiger charge is -2.15. The molecular weight excluding hydrogens is 240 g/mol. The van der Waals surface area contributed by atoms with Crippen LogP contribution < -0.4 is 10.2 Å². The van der Waals surface area contributed by atoms with Crippen LogP contribution in [0.15, 0.2) is 18.2 Å². The summed E-state index contributed by atoms with van der Waals surface area (Å²) < 4.78 is 0. The number of aliphatic hydroxyl groups is 1. The molecule has 1 aliphatic heterocycles. The van der Waals surface area contributed by atoms with Crippen LogP contribution in [0.5, 0.6) is 0 Å². The standard InChI is InChI=1S/C15H20N2O2/c1-17-7-6-11-8-12(4-5-13(11)17)14(18)9-16-15(19)10-2-3-10/h4-5,8,10,14,18H,2-3,6-7,9H2,1H3,(H,16,19)/t14-/m0/s1. The lowest BCUT2D eigenvalue weighted by Crippen LogP contribution is -2.29. The third-order valence-corrected chi connectivity index (χ3v) is 4.03. The van der Waals surface area contributed by atoms with Crippen LogP contribution in [-0.2, 0) is 11.2 Å². The first-order valence-corrected chi connectivity index (χ1v) is 6.95. The van der Waals surface area contributed by atoms with Crippen LogP contribution in [0.25, 0.3) is 0 Å². The van der Waals surface area contributed by atoms with E-state index in [1.54, 1.807) is 0 Å². The van der Waals surface area contributed by atoms with Gasteiger partial charge in [0.2, 0.25) is 5.91 Å². The van der Waals surface area contributed by atoms with Gasteiger partial charge in [-0.2, -0.15) is 0 Å². The summed E-state index contributed by atoms with van der Waals surface area (Å²) in [6.07, 6.45) is 2.40. The monoisotopic (exact) mass is 260 g/mol. The second-order valence-electron chi connectivity index (χ2n) is 5.59. The average Bonchev–Trinajstić information content (AvgIpc) is 3.21. The number of rotatable bonds is 4. The highest BCUT2D eigenvalue weighted by Crippen LogP contribution is 2.30.